The monoisotopic (exact) mass is 417 g/mol. The molecule has 150 valence electrons. The molecule has 0 saturated carbocycles. The molecule has 0 aliphatic carbocycles. The molecule has 0 bridgehead atoms. The fourth-order valence-corrected chi connectivity index (χ4v) is 3.60. The molecule has 0 spiro atoms. The van der Waals surface area contributed by atoms with E-state index in [2.05, 4.69) is 10.1 Å². The van der Waals surface area contributed by atoms with Crippen LogP contribution in [0.1, 0.15) is 27.6 Å². The third-order valence-electron chi connectivity index (χ3n) is 3.85. The number of esters is 1. The molecule has 1 heterocycles. The first kappa shape index (κ1) is 20.5. The van der Waals surface area contributed by atoms with Crippen LogP contribution in [0.15, 0.2) is 60.7 Å². The highest BCUT2D eigenvalue weighted by atomic mass is 32.1. The quantitative estimate of drug-likeness (QED) is 0.520. The summed E-state index contributed by atoms with van der Waals surface area (Å²) < 4.78 is 33.9. The van der Waals surface area contributed by atoms with E-state index in [0.29, 0.717) is 5.00 Å². The molecule has 0 atom stereocenters. The second-order valence-electron chi connectivity index (χ2n) is 5.80. The molecule has 1 N–H and O–H groups in total. The number of halogens is 2. The molecule has 1 aromatic heterocycles. The van der Waals surface area contributed by atoms with Gasteiger partial charge in [0.1, 0.15) is 10.8 Å². The van der Waals surface area contributed by atoms with Crippen molar-refractivity contribution in [2.75, 3.05) is 11.9 Å². The van der Waals surface area contributed by atoms with Gasteiger partial charge in [0, 0.05) is 10.4 Å². The minimum absolute atomic E-state index is 0.0498. The van der Waals surface area contributed by atoms with Crippen molar-refractivity contribution in [1.29, 1.82) is 0 Å². The van der Waals surface area contributed by atoms with Gasteiger partial charge in [0.2, 0.25) is 0 Å². The summed E-state index contributed by atoms with van der Waals surface area (Å²) in [6.45, 7) is -1.04. The van der Waals surface area contributed by atoms with E-state index in [1.165, 1.54) is 35.6 Å². The highest BCUT2D eigenvalue weighted by Gasteiger charge is 2.20. The third kappa shape index (κ3) is 5.17. The Labute approximate surface area is 169 Å². The van der Waals surface area contributed by atoms with Crippen LogP contribution >= 0.6 is 11.3 Å². The van der Waals surface area contributed by atoms with Gasteiger partial charge in [-0.1, -0.05) is 30.3 Å². The zero-order chi connectivity index (χ0) is 20.8. The van der Waals surface area contributed by atoms with Crippen molar-refractivity contribution in [3.05, 3.63) is 71.8 Å². The van der Waals surface area contributed by atoms with Gasteiger partial charge in [-0.2, -0.15) is 8.78 Å². The van der Waals surface area contributed by atoms with Crippen molar-refractivity contribution in [1.82, 2.24) is 0 Å². The number of carbonyl (C=O) groups is 2. The van der Waals surface area contributed by atoms with E-state index in [1.54, 1.807) is 13.0 Å². The second kappa shape index (κ2) is 9.29. The van der Waals surface area contributed by atoms with E-state index in [9.17, 15) is 18.4 Å². The predicted octanol–water partition coefficient (Wildman–Crippen LogP) is 5.45. The van der Waals surface area contributed by atoms with Crippen LogP contribution in [-0.4, -0.2) is 25.1 Å². The maximum Gasteiger partial charge on any atom is 0.387 e. The molecular weight excluding hydrogens is 400 g/mol. The molecule has 0 aliphatic rings. The number of amides is 1. The zero-order valence-electron chi connectivity index (χ0n) is 15.4. The lowest BCUT2D eigenvalue weighted by Gasteiger charge is -2.07. The van der Waals surface area contributed by atoms with Crippen molar-refractivity contribution >= 4 is 28.2 Å². The van der Waals surface area contributed by atoms with Crippen molar-refractivity contribution in [3.63, 3.8) is 0 Å². The summed E-state index contributed by atoms with van der Waals surface area (Å²) in [4.78, 5) is 25.7. The Morgan fingerprint density at radius 2 is 1.76 bits per heavy atom. The molecule has 1 amide bonds. The Morgan fingerprint density at radius 3 is 2.38 bits per heavy atom. The molecular formula is C21H17F2NO4S. The van der Waals surface area contributed by atoms with Gasteiger partial charge in [-0.05, 0) is 42.8 Å². The van der Waals surface area contributed by atoms with Gasteiger partial charge in [-0.25, -0.2) is 4.79 Å². The summed E-state index contributed by atoms with van der Waals surface area (Å²) in [5, 5.41) is 3.05. The number of alkyl halides is 2. The first-order valence-corrected chi connectivity index (χ1v) is 9.52. The van der Waals surface area contributed by atoms with Crippen LogP contribution in [0.3, 0.4) is 0 Å². The Kier molecular flexibility index (Phi) is 6.56. The van der Waals surface area contributed by atoms with Gasteiger partial charge in [0.05, 0.1) is 12.2 Å². The zero-order valence-corrected chi connectivity index (χ0v) is 16.2. The van der Waals surface area contributed by atoms with Gasteiger partial charge < -0.3 is 14.8 Å². The lowest BCUT2D eigenvalue weighted by atomic mass is 10.1. The Balaban J connectivity index is 1.85. The van der Waals surface area contributed by atoms with Crippen molar-refractivity contribution in [3.8, 4) is 16.2 Å². The van der Waals surface area contributed by atoms with Crippen LogP contribution in [-0.2, 0) is 4.74 Å². The first-order valence-electron chi connectivity index (χ1n) is 8.70. The van der Waals surface area contributed by atoms with Crippen LogP contribution in [0.2, 0.25) is 0 Å². The van der Waals surface area contributed by atoms with E-state index in [4.69, 9.17) is 4.74 Å². The average Bonchev–Trinajstić information content (AvgIpc) is 3.13. The lowest BCUT2D eigenvalue weighted by molar-refractivity contribution is -0.0498. The highest BCUT2D eigenvalue weighted by molar-refractivity contribution is 7.20. The molecule has 29 heavy (non-hydrogen) atoms. The standard InChI is InChI=1S/C21H17F2NO4S/c1-2-27-20(26)16-12-17(13-6-4-3-5-7-13)29-19(16)24-18(25)14-8-10-15(11-9-14)28-21(22)23/h3-12,21H,2H2,1H3,(H,24,25). The average molecular weight is 417 g/mol. The normalized spacial score (nSPS) is 10.6. The molecule has 0 aliphatic heterocycles. The van der Waals surface area contributed by atoms with Crippen LogP contribution < -0.4 is 10.1 Å². The van der Waals surface area contributed by atoms with E-state index in [0.717, 1.165) is 10.4 Å². The van der Waals surface area contributed by atoms with E-state index < -0.39 is 18.5 Å². The second-order valence-corrected chi connectivity index (χ2v) is 6.85. The van der Waals surface area contributed by atoms with Crippen LogP contribution in [0, 0.1) is 0 Å². The van der Waals surface area contributed by atoms with Crippen molar-refractivity contribution in [2.24, 2.45) is 0 Å². The van der Waals surface area contributed by atoms with Gasteiger partial charge >= 0.3 is 12.6 Å². The first-order chi connectivity index (χ1) is 14.0. The summed E-state index contributed by atoms with van der Waals surface area (Å²) in [6.07, 6.45) is 0. The van der Waals surface area contributed by atoms with Gasteiger partial charge in [-0.15, -0.1) is 11.3 Å². The maximum absolute atomic E-state index is 12.6. The summed E-state index contributed by atoms with van der Waals surface area (Å²) in [7, 11) is 0. The smallest absolute Gasteiger partial charge is 0.387 e. The van der Waals surface area contributed by atoms with Crippen molar-refractivity contribution in [2.45, 2.75) is 13.5 Å². The number of hydrogen-bond donors (Lipinski definition) is 1. The van der Waals surface area contributed by atoms with Crippen LogP contribution in [0.25, 0.3) is 10.4 Å². The third-order valence-corrected chi connectivity index (χ3v) is 4.95. The summed E-state index contributed by atoms with van der Waals surface area (Å²) in [5.74, 6) is -1.08. The largest absolute Gasteiger partial charge is 0.462 e. The van der Waals surface area contributed by atoms with E-state index in [-0.39, 0.29) is 23.5 Å². The minimum atomic E-state index is -2.94. The molecule has 0 unspecified atom stereocenters. The lowest BCUT2D eigenvalue weighted by Crippen LogP contribution is -2.14. The van der Waals surface area contributed by atoms with Crippen molar-refractivity contribution < 1.29 is 27.8 Å². The number of anilines is 1. The molecule has 2 aromatic carbocycles. The molecule has 0 saturated heterocycles. The number of ether oxygens (including phenoxy) is 2. The van der Waals surface area contributed by atoms with E-state index in [1.807, 2.05) is 30.3 Å². The molecule has 5 nitrogen and oxygen atoms in total. The number of hydrogen-bond acceptors (Lipinski definition) is 5. The van der Waals surface area contributed by atoms with Gasteiger partial charge in [0.25, 0.3) is 5.91 Å². The number of nitrogens with one attached hydrogen (secondary N) is 1. The topological polar surface area (TPSA) is 64.6 Å². The van der Waals surface area contributed by atoms with E-state index >= 15 is 0 Å². The number of benzene rings is 2. The Bertz CT molecular complexity index is 988. The molecule has 3 aromatic rings. The number of thiophene rings is 1. The molecule has 0 fully saturated rings. The summed E-state index contributed by atoms with van der Waals surface area (Å²) >= 11 is 1.24. The molecule has 0 radical (unpaired) electrons. The Morgan fingerprint density at radius 1 is 1.07 bits per heavy atom. The highest BCUT2D eigenvalue weighted by Crippen LogP contribution is 2.36. The summed E-state index contributed by atoms with van der Waals surface area (Å²) in [5.41, 5.74) is 1.38. The minimum Gasteiger partial charge on any atom is -0.462 e. The predicted molar refractivity (Wildman–Crippen MR) is 107 cm³/mol. The Hall–Kier alpha value is -3.26. The fraction of sp³-hybridized carbons (Fsp3) is 0.143. The molecule has 3 rings (SSSR count). The SMILES string of the molecule is CCOC(=O)c1cc(-c2ccccc2)sc1NC(=O)c1ccc(OC(F)F)cc1. The van der Waals surface area contributed by atoms with Gasteiger partial charge in [-0.3, -0.25) is 4.79 Å². The van der Waals surface area contributed by atoms with Crippen LogP contribution in [0.5, 0.6) is 5.75 Å². The summed E-state index contributed by atoms with van der Waals surface area (Å²) in [6, 6.07) is 16.4. The van der Waals surface area contributed by atoms with Gasteiger partial charge in [0.15, 0.2) is 0 Å². The fourth-order valence-electron chi connectivity index (χ4n) is 2.55. The number of rotatable bonds is 7. The maximum atomic E-state index is 12.6. The van der Waals surface area contributed by atoms with Crippen LogP contribution in [0.4, 0.5) is 13.8 Å². The molecule has 8 heteroatoms. The number of carbonyl (C=O) groups excluding carboxylic acids is 2.